The zero-order valence-corrected chi connectivity index (χ0v) is 12.4. The first-order valence-electron chi connectivity index (χ1n) is 7.00. The van der Waals surface area contributed by atoms with E-state index in [1.165, 1.54) is 39.5 Å². The Morgan fingerprint density at radius 1 is 0.947 bits per heavy atom. The van der Waals surface area contributed by atoms with Gasteiger partial charge in [-0.15, -0.1) is 0 Å². The summed E-state index contributed by atoms with van der Waals surface area (Å²) in [6.07, 6.45) is 8.70. The summed E-state index contributed by atoms with van der Waals surface area (Å²) in [5.74, 6) is -0.588. The van der Waals surface area contributed by atoms with E-state index in [4.69, 9.17) is 9.47 Å². The largest absolute Gasteiger partial charge is 0.462 e. The predicted molar refractivity (Wildman–Crippen MR) is 74.7 cm³/mol. The van der Waals surface area contributed by atoms with Gasteiger partial charge in [0.25, 0.3) is 0 Å². The second-order valence-electron chi connectivity index (χ2n) is 4.61. The first-order valence-corrected chi connectivity index (χ1v) is 7.00. The Morgan fingerprint density at radius 2 is 1.58 bits per heavy atom. The van der Waals surface area contributed by atoms with E-state index in [1.807, 2.05) is 6.08 Å². The third kappa shape index (κ3) is 12.9. The van der Waals surface area contributed by atoms with Crippen LogP contribution in [0.5, 0.6) is 0 Å². The van der Waals surface area contributed by atoms with Crippen LogP contribution in [0.15, 0.2) is 11.6 Å². The lowest BCUT2D eigenvalue weighted by molar-refractivity contribution is -0.141. The molecule has 0 aliphatic rings. The Kier molecular flexibility index (Phi) is 10.9. The van der Waals surface area contributed by atoms with Crippen LogP contribution in [0.3, 0.4) is 0 Å². The van der Waals surface area contributed by atoms with E-state index in [0.717, 1.165) is 18.4 Å². The molecule has 0 N–H and O–H groups in total. The molecule has 0 rings (SSSR count). The minimum Gasteiger partial charge on any atom is -0.462 e. The van der Waals surface area contributed by atoms with E-state index in [9.17, 15) is 9.59 Å². The van der Waals surface area contributed by atoms with Gasteiger partial charge in [0.05, 0.1) is 0 Å². The molecule has 0 bridgehead atoms. The minimum atomic E-state index is -0.300. The van der Waals surface area contributed by atoms with Crippen molar-refractivity contribution in [1.29, 1.82) is 0 Å². The molecule has 19 heavy (non-hydrogen) atoms. The molecule has 0 aromatic rings. The molecule has 0 heterocycles. The second kappa shape index (κ2) is 11.8. The lowest BCUT2D eigenvalue weighted by atomic mass is 10.1. The predicted octanol–water partition coefficient (Wildman–Crippen LogP) is 3.40. The molecule has 4 heteroatoms. The Morgan fingerprint density at radius 3 is 2.16 bits per heavy atom. The highest BCUT2D eigenvalue weighted by Crippen LogP contribution is 2.11. The summed E-state index contributed by atoms with van der Waals surface area (Å²) in [6, 6.07) is 0. The number of carbonyl (C=O) groups excluding carboxylic acids is 2. The maximum Gasteiger partial charge on any atom is 0.302 e. The van der Waals surface area contributed by atoms with E-state index < -0.39 is 0 Å². The molecule has 0 fully saturated rings. The molecule has 0 amide bonds. The zero-order valence-electron chi connectivity index (χ0n) is 12.4. The molecular formula is C15H26O4. The van der Waals surface area contributed by atoms with Crippen molar-refractivity contribution in [1.82, 2.24) is 0 Å². The van der Waals surface area contributed by atoms with E-state index in [0.29, 0.717) is 6.61 Å². The van der Waals surface area contributed by atoms with Gasteiger partial charge in [-0.2, -0.15) is 0 Å². The fraction of sp³-hybridized carbons (Fsp3) is 0.733. The average Bonchev–Trinajstić information content (AvgIpc) is 2.34. The van der Waals surface area contributed by atoms with Crippen molar-refractivity contribution >= 4 is 11.9 Å². The Bertz CT molecular complexity index is 295. The van der Waals surface area contributed by atoms with Crippen LogP contribution in [-0.2, 0) is 19.1 Å². The Labute approximate surface area is 116 Å². The first kappa shape index (κ1) is 17.7. The number of unbranched alkanes of at least 4 members (excludes halogenated alkanes) is 4. The molecule has 0 aromatic heterocycles. The van der Waals surface area contributed by atoms with Crippen molar-refractivity contribution in [2.24, 2.45) is 0 Å². The van der Waals surface area contributed by atoms with Gasteiger partial charge < -0.3 is 9.47 Å². The molecule has 0 radical (unpaired) electrons. The molecule has 0 saturated carbocycles. The van der Waals surface area contributed by atoms with Crippen LogP contribution in [-0.4, -0.2) is 25.2 Å². The van der Waals surface area contributed by atoms with E-state index >= 15 is 0 Å². The number of esters is 2. The van der Waals surface area contributed by atoms with Gasteiger partial charge in [0.2, 0.25) is 0 Å². The quantitative estimate of drug-likeness (QED) is 0.347. The highest BCUT2D eigenvalue weighted by molar-refractivity contribution is 5.66. The number of hydrogen-bond donors (Lipinski definition) is 0. The van der Waals surface area contributed by atoms with Crippen LogP contribution < -0.4 is 0 Å². The summed E-state index contributed by atoms with van der Waals surface area (Å²) in [7, 11) is 0. The summed E-state index contributed by atoms with van der Waals surface area (Å²) >= 11 is 0. The van der Waals surface area contributed by atoms with Crippen molar-refractivity contribution in [3.05, 3.63) is 11.6 Å². The molecular weight excluding hydrogens is 244 g/mol. The molecule has 4 nitrogen and oxygen atoms in total. The number of ether oxygens (including phenoxy) is 2. The van der Waals surface area contributed by atoms with E-state index in [1.54, 1.807) is 0 Å². The smallest absolute Gasteiger partial charge is 0.302 e. The van der Waals surface area contributed by atoms with E-state index in [-0.39, 0.29) is 18.5 Å². The van der Waals surface area contributed by atoms with Gasteiger partial charge >= 0.3 is 11.9 Å². The van der Waals surface area contributed by atoms with Gasteiger partial charge in [-0.1, -0.05) is 32.6 Å². The van der Waals surface area contributed by atoms with Gasteiger partial charge in [0.15, 0.2) is 0 Å². The fourth-order valence-electron chi connectivity index (χ4n) is 1.66. The van der Waals surface area contributed by atoms with Crippen LogP contribution in [0.4, 0.5) is 0 Å². The zero-order chi connectivity index (χ0) is 14.5. The van der Waals surface area contributed by atoms with Crippen molar-refractivity contribution in [3.8, 4) is 0 Å². The SMILES string of the molecule is CCCCCCC/C(=C\COC(C)=O)COC(C)=O. The highest BCUT2D eigenvalue weighted by atomic mass is 16.5. The molecule has 0 saturated heterocycles. The highest BCUT2D eigenvalue weighted by Gasteiger charge is 2.02. The van der Waals surface area contributed by atoms with Crippen LogP contribution in [0.1, 0.15) is 59.3 Å². The van der Waals surface area contributed by atoms with Gasteiger partial charge in [-0.05, 0) is 24.5 Å². The maximum atomic E-state index is 10.8. The summed E-state index contributed by atoms with van der Waals surface area (Å²) < 4.78 is 9.86. The normalized spacial score (nSPS) is 11.2. The fourth-order valence-corrected chi connectivity index (χ4v) is 1.66. The average molecular weight is 270 g/mol. The summed E-state index contributed by atoms with van der Waals surface area (Å²) in [5, 5.41) is 0. The minimum absolute atomic E-state index is 0.251. The van der Waals surface area contributed by atoms with Crippen molar-refractivity contribution < 1.29 is 19.1 Å². The number of rotatable bonds is 10. The van der Waals surface area contributed by atoms with Crippen LogP contribution in [0.25, 0.3) is 0 Å². The topological polar surface area (TPSA) is 52.6 Å². The van der Waals surface area contributed by atoms with Gasteiger partial charge in [0, 0.05) is 13.8 Å². The molecule has 110 valence electrons. The van der Waals surface area contributed by atoms with Crippen LogP contribution in [0.2, 0.25) is 0 Å². The van der Waals surface area contributed by atoms with Gasteiger partial charge in [-0.3, -0.25) is 9.59 Å². The molecule has 0 spiro atoms. The third-order valence-corrected chi connectivity index (χ3v) is 2.72. The number of carbonyl (C=O) groups is 2. The monoisotopic (exact) mass is 270 g/mol. The number of hydrogen-bond acceptors (Lipinski definition) is 4. The van der Waals surface area contributed by atoms with Crippen molar-refractivity contribution in [2.75, 3.05) is 13.2 Å². The third-order valence-electron chi connectivity index (χ3n) is 2.72. The Balaban J connectivity index is 4.01. The standard InChI is InChI=1S/C15H26O4/c1-4-5-6-7-8-9-15(12-19-14(3)17)10-11-18-13(2)16/h10H,4-9,11-12H2,1-3H3/b15-10+. The van der Waals surface area contributed by atoms with Gasteiger partial charge in [-0.25, -0.2) is 0 Å². The molecule has 0 atom stereocenters. The van der Waals surface area contributed by atoms with Crippen LogP contribution >= 0.6 is 0 Å². The molecule has 0 aliphatic carbocycles. The maximum absolute atomic E-state index is 10.8. The molecule has 0 aliphatic heterocycles. The lowest BCUT2D eigenvalue weighted by Crippen LogP contribution is -2.06. The summed E-state index contributed by atoms with van der Waals surface area (Å²) in [6.45, 7) is 5.51. The second-order valence-corrected chi connectivity index (χ2v) is 4.61. The summed E-state index contributed by atoms with van der Waals surface area (Å²) in [5.41, 5.74) is 1.02. The Hall–Kier alpha value is -1.32. The van der Waals surface area contributed by atoms with Crippen molar-refractivity contribution in [3.63, 3.8) is 0 Å². The molecule has 0 unspecified atom stereocenters. The van der Waals surface area contributed by atoms with Gasteiger partial charge in [0.1, 0.15) is 13.2 Å². The van der Waals surface area contributed by atoms with Crippen molar-refractivity contribution in [2.45, 2.75) is 59.3 Å². The van der Waals surface area contributed by atoms with Crippen LogP contribution in [0, 0.1) is 0 Å². The molecule has 0 aromatic carbocycles. The lowest BCUT2D eigenvalue weighted by Gasteiger charge is -2.08. The van der Waals surface area contributed by atoms with E-state index in [2.05, 4.69) is 6.92 Å². The summed E-state index contributed by atoms with van der Waals surface area (Å²) in [4.78, 5) is 21.5. The first-order chi connectivity index (χ1) is 9.06.